The van der Waals surface area contributed by atoms with Crippen LogP contribution in [0.3, 0.4) is 0 Å². The first-order valence-corrected chi connectivity index (χ1v) is 7.11. The lowest BCUT2D eigenvalue weighted by molar-refractivity contribution is 0.450. The van der Waals surface area contributed by atoms with Crippen molar-refractivity contribution in [2.75, 3.05) is 5.73 Å². The van der Waals surface area contributed by atoms with Gasteiger partial charge in [-0.1, -0.05) is 0 Å². The lowest BCUT2D eigenvalue weighted by Gasteiger charge is -2.11. The molecule has 0 spiro atoms. The fraction of sp³-hybridized carbons (Fsp3) is 0.286. The van der Waals surface area contributed by atoms with Gasteiger partial charge in [0.15, 0.2) is 0 Å². The van der Waals surface area contributed by atoms with Gasteiger partial charge >= 0.3 is 0 Å². The second-order valence-corrected chi connectivity index (χ2v) is 5.70. The first-order chi connectivity index (χ1) is 9.54. The van der Waals surface area contributed by atoms with Crippen LogP contribution in [0.15, 0.2) is 22.7 Å². The van der Waals surface area contributed by atoms with Crippen molar-refractivity contribution in [1.82, 2.24) is 9.97 Å². The van der Waals surface area contributed by atoms with Crippen molar-refractivity contribution in [2.24, 2.45) is 0 Å². The van der Waals surface area contributed by atoms with E-state index in [9.17, 15) is 4.39 Å². The zero-order chi connectivity index (χ0) is 14.3. The van der Waals surface area contributed by atoms with Crippen molar-refractivity contribution >= 4 is 21.7 Å². The van der Waals surface area contributed by atoms with Crippen LogP contribution >= 0.6 is 15.9 Å². The largest absolute Gasteiger partial charge is 0.438 e. The van der Waals surface area contributed by atoms with E-state index in [1.165, 1.54) is 6.07 Å². The smallest absolute Gasteiger partial charge is 0.227 e. The molecule has 6 heteroatoms. The molecular weight excluding hydrogens is 325 g/mol. The molecule has 1 aliphatic carbocycles. The van der Waals surface area contributed by atoms with Crippen molar-refractivity contribution in [3.63, 3.8) is 0 Å². The van der Waals surface area contributed by atoms with E-state index in [1.807, 2.05) is 0 Å². The second kappa shape index (κ2) is 5.01. The molecule has 0 radical (unpaired) electrons. The van der Waals surface area contributed by atoms with E-state index in [2.05, 4.69) is 25.9 Å². The van der Waals surface area contributed by atoms with Crippen LogP contribution in [-0.4, -0.2) is 9.97 Å². The fourth-order valence-corrected chi connectivity index (χ4v) is 2.05. The van der Waals surface area contributed by atoms with Gasteiger partial charge in [-0.15, -0.1) is 0 Å². The lowest BCUT2D eigenvalue weighted by Crippen LogP contribution is -2.04. The number of anilines is 1. The van der Waals surface area contributed by atoms with Gasteiger partial charge in [-0.2, -0.15) is 4.98 Å². The number of hydrogen-bond acceptors (Lipinski definition) is 4. The first-order valence-electron chi connectivity index (χ1n) is 6.31. The van der Waals surface area contributed by atoms with Gasteiger partial charge in [-0.05, 0) is 47.8 Å². The molecule has 1 heterocycles. The van der Waals surface area contributed by atoms with Gasteiger partial charge in [0.1, 0.15) is 23.2 Å². The summed E-state index contributed by atoms with van der Waals surface area (Å²) < 4.78 is 19.5. The number of aromatic nitrogens is 2. The van der Waals surface area contributed by atoms with Crippen LogP contribution in [0.1, 0.15) is 30.1 Å². The highest BCUT2D eigenvalue weighted by Crippen LogP contribution is 2.40. The molecule has 2 N–H and O–H groups in total. The summed E-state index contributed by atoms with van der Waals surface area (Å²) in [7, 11) is 0. The maximum absolute atomic E-state index is 13.5. The molecule has 0 saturated heterocycles. The molecular formula is C14H13BrFN3O. The van der Waals surface area contributed by atoms with E-state index >= 15 is 0 Å². The molecule has 1 aromatic carbocycles. The van der Waals surface area contributed by atoms with Gasteiger partial charge in [0.25, 0.3) is 0 Å². The van der Waals surface area contributed by atoms with Crippen molar-refractivity contribution in [1.29, 1.82) is 0 Å². The molecule has 104 valence electrons. The Hall–Kier alpha value is -1.69. The monoisotopic (exact) mass is 337 g/mol. The highest BCUT2D eigenvalue weighted by Gasteiger charge is 2.28. The molecule has 0 amide bonds. The third kappa shape index (κ3) is 2.60. The Balaban J connectivity index is 1.94. The summed E-state index contributed by atoms with van der Waals surface area (Å²) in [5.74, 6) is 1.89. The summed E-state index contributed by atoms with van der Waals surface area (Å²) in [5, 5.41) is 0. The van der Waals surface area contributed by atoms with Gasteiger partial charge in [0, 0.05) is 12.0 Å². The number of rotatable bonds is 3. The van der Waals surface area contributed by atoms with Crippen LogP contribution in [0.5, 0.6) is 11.6 Å². The van der Waals surface area contributed by atoms with Crippen LogP contribution in [-0.2, 0) is 0 Å². The lowest BCUT2D eigenvalue weighted by atomic mass is 10.3. The maximum Gasteiger partial charge on any atom is 0.227 e. The van der Waals surface area contributed by atoms with Crippen molar-refractivity contribution < 1.29 is 9.13 Å². The fourth-order valence-electron chi connectivity index (χ4n) is 1.81. The number of ether oxygens (including phenoxy) is 1. The van der Waals surface area contributed by atoms with E-state index in [4.69, 9.17) is 10.5 Å². The summed E-state index contributed by atoms with van der Waals surface area (Å²) in [6, 6.07) is 4.56. The second-order valence-electron chi connectivity index (χ2n) is 4.85. The van der Waals surface area contributed by atoms with E-state index in [1.54, 1.807) is 19.1 Å². The number of nitrogens with two attached hydrogens (primary N) is 1. The molecule has 1 saturated carbocycles. The molecule has 3 rings (SSSR count). The van der Waals surface area contributed by atoms with E-state index in [0.29, 0.717) is 39.2 Å². The van der Waals surface area contributed by atoms with Crippen molar-refractivity contribution in [3.8, 4) is 11.6 Å². The number of benzene rings is 1. The van der Waals surface area contributed by atoms with Crippen LogP contribution in [0.25, 0.3) is 0 Å². The maximum atomic E-state index is 13.5. The summed E-state index contributed by atoms with van der Waals surface area (Å²) in [6.07, 6.45) is 2.16. The van der Waals surface area contributed by atoms with Crippen molar-refractivity contribution in [2.45, 2.75) is 25.7 Å². The van der Waals surface area contributed by atoms with Gasteiger partial charge in [-0.25, -0.2) is 9.37 Å². The molecule has 0 atom stereocenters. The van der Waals surface area contributed by atoms with E-state index < -0.39 is 0 Å². The van der Waals surface area contributed by atoms with E-state index in [-0.39, 0.29) is 5.82 Å². The Morgan fingerprint density at radius 3 is 2.75 bits per heavy atom. The third-order valence-electron chi connectivity index (χ3n) is 3.20. The normalized spacial score (nSPS) is 14.3. The molecule has 0 aliphatic heterocycles. The van der Waals surface area contributed by atoms with Crippen LogP contribution in [0, 0.1) is 12.7 Å². The van der Waals surface area contributed by atoms with Gasteiger partial charge in [0.2, 0.25) is 5.88 Å². The standard InChI is InChI=1S/C14H13BrFN3O/c1-7-12(17)18-13(8-2-3-8)19-14(7)20-9-4-5-10(15)11(16)6-9/h4-6,8H,2-3H2,1H3,(H2,17,18,19). The Morgan fingerprint density at radius 1 is 1.35 bits per heavy atom. The zero-order valence-electron chi connectivity index (χ0n) is 10.9. The highest BCUT2D eigenvalue weighted by atomic mass is 79.9. The quantitative estimate of drug-likeness (QED) is 0.921. The van der Waals surface area contributed by atoms with E-state index in [0.717, 1.165) is 12.8 Å². The van der Waals surface area contributed by atoms with Gasteiger partial charge in [-0.3, -0.25) is 0 Å². The minimum atomic E-state index is -0.385. The summed E-state index contributed by atoms with van der Waals surface area (Å²) in [6.45, 7) is 1.79. The number of hydrogen-bond donors (Lipinski definition) is 1. The number of nitrogens with zero attached hydrogens (tertiary/aromatic N) is 2. The molecule has 4 nitrogen and oxygen atoms in total. The van der Waals surface area contributed by atoms with Crippen LogP contribution in [0.4, 0.5) is 10.2 Å². The van der Waals surface area contributed by atoms with Crippen molar-refractivity contribution in [3.05, 3.63) is 39.9 Å². The van der Waals surface area contributed by atoms with Gasteiger partial charge < -0.3 is 10.5 Å². The highest BCUT2D eigenvalue weighted by molar-refractivity contribution is 9.10. The summed E-state index contributed by atoms with van der Waals surface area (Å²) >= 11 is 3.10. The average molecular weight is 338 g/mol. The molecule has 2 aromatic rings. The van der Waals surface area contributed by atoms with Gasteiger partial charge in [0.05, 0.1) is 10.0 Å². The first kappa shape index (κ1) is 13.3. The molecule has 0 unspecified atom stereocenters. The topological polar surface area (TPSA) is 61.0 Å². The predicted molar refractivity (Wildman–Crippen MR) is 77.3 cm³/mol. The third-order valence-corrected chi connectivity index (χ3v) is 3.85. The van der Waals surface area contributed by atoms with Crippen LogP contribution in [0.2, 0.25) is 0 Å². The summed E-state index contributed by atoms with van der Waals surface area (Å²) in [5.41, 5.74) is 6.55. The molecule has 1 fully saturated rings. The molecule has 1 aromatic heterocycles. The SMILES string of the molecule is Cc1c(N)nc(C2CC2)nc1Oc1ccc(Br)c(F)c1. The molecule has 0 bridgehead atoms. The minimum absolute atomic E-state index is 0.377. The molecule has 20 heavy (non-hydrogen) atoms. The Bertz CT molecular complexity index is 674. The summed E-state index contributed by atoms with van der Waals surface area (Å²) in [4.78, 5) is 8.67. The zero-order valence-corrected chi connectivity index (χ0v) is 12.4. The molecule has 1 aliphatic rings. The predicted octanol–water partition coefficient (Wildman–Crippen LogP) is 3.94. The average Bonchev–Trinajstić information content (AvgIpc) is 3.23. The Labute approximate surface area is 124 Å². The Morgan fingerprint density at radius 2 is 2.10 bits per heavy atom. The Kier molecular flexibility index (Phi) is 3.33. The van der Waals surface area contributed by atoms with Crippen LogP contribution < -0.4 is 10.5 Å². The minimum Gasteiger partial charge on any atom is -0.438 e. The number of nitrogen functional groups attached to an aromatic ring is 1. The number of halogens is 2.